The second-order valence-corrected chi connectivity index (χ2v) is 6.78. The van der Waals surface area contributed by atoms with Gasteiger partial charge in [0.15, 0.2) is 12.0 Å². The number of ether oxygens (including phenoxy) is 1. The molecular weight excluding hydrogens is 478 g/mol. The van der Waals surface area contributed by atoms with E-state index in [1.165, 1.54) is 23.4 Å². The van der Waals surface area contributed by atoms with Crippen LogP contribution in [0.15, 0.2) is 27.5 Å². The number of anilines is 1. The molecule has 1 amide bonds. The van der Waals surface area contributed by atoms with Crippen LogP contribution < -0.4 is 25.6 Å². The average Bonchev–Trinajstić information content (AvgIpc) is 3.44. The number of rotatable bonds is 6. The molecular formula is C18H12F6N6O4. The van der Waals surface area contributed by atoms with Gasteiger partial charge in [0.2, 0.25) is 11.8 Å². The van der Waals surface area contributed by atoms with Crippen molar-refractivity contribution in [3.63, 3.8) is 0 Å². The van der Waals surface area contributed by atoms with Crippen LogP contribution in [0.2, 0.25) is 0 Å². The Bertz CT molecular complexity index is 1320. The van der Waals surface area contributed by atoms with Gasteiger partial charge < -0.3 is 24.0 Å². The third-order valence-electron chi connectivity index (χ3n) is 4.29. The highest BCUT2D eigenvalue weighted by Crippen LogP contribution is 2.30. The highest BCUT2D eigenvalue weighted by atomic mass is 19.4. The largest absolute Gasteiger partial charge is 0.467 e. The van der Waals surface area contributed by atoms with Crippen molar-refractivity contribution in [3.8, 4) is 5.88 Å². The maximum absolute atomic E-state index is 12.7. The maximum atomic E-state index is 12.7. The standard InChI is InChI=1S/C18H12F6N6O4/c19-17(20,21)8-32-15-11(30-2-1-12-10(7-30)5-27-33-12)3-9(4-26-15)14(31)25-6-13-28-16(29-34-13)18(22,23)24/h1,3-5,7H,2,6,8H2,(H,25,31). The average molecular weight is 490 g/mol. The Morgan fingerprint density at radius 1 is 1.18 bits per heavy atom. The lowest BCUT2D eigenvalue weighted by Crippen LogP contribution is -2.33. The molecule has 34 heavy (non-hydrogen) atoms. The fourth-order valence-electron chi connectivity index (χ4n) is 2.81. The second-order valence-electron chi connectivity index (χ2n) is 6.78. The van der Waals surface area contributed by atoms with Crippen LogP contribution in [0.5, 0.6) is 5.88 Å². The minimum atomic E-state index is -4.82. The van der Waals surface area contributed by atoms with Crippen molar-refractivity contribution in [2.75, 3.05) is 18.1 Å². The molecule has 4 heterocycles. The summed E-state index contributed by atoms with van der Waals surface area (Å²) in [4.78, 5) is 20.9. The number of halogens is 6. The van der Waals surface area contributed by atoms with E-state index in [2.05, 4.69) is 30.1 Å². The molecule has 180 valence electrons. The van der Waals surface area contributed by atoms with Crippen LogP contribution in [0.4, 0.5) is 32.0 Å². The number of amides is 1. The number of carbonyl (C=O) groups excluding carboxylic acids is 1. The third-order valence-corrected chi connectivity index (χ3v) is 4.29. The van der Waals surface area contributed by atoms with E-state index >= 15 is 0 Å². The fraction of sp³-hybridized carbons (Fsp3) is 0.278. The lowest BCUT2D eigenvalue weighted by atomic mass is 10.2. The van der Waals surface area contributed by atoms with Crippen molar-refractivity contribution in [3.05, 3.63) is 46.4 Å². The molecule has 0 saturated heterocycles. The molecule has 0 bridgehead atoms. The number of carbonyl (C=O) groups is 1. The number of fused-ring (bicyclic) bond motifs is 1. The van der Waals surface area contributed by atoms with Gasteiger partial charge in [-0.25, -0.2) is 4.98 Å². The van der Waals surface area contributed by atoms with Gasteiger partial charge >= 0.3 is 12.4 Å². The van der Waals surface area contributed by atoms with Crippen LogP contribution in [0.3, 0.4) is 0 Å². The van der Waals surface area contributed by atoms with Gasteiger partial charge in [-0.05, 0) is 12.1 Å². The first kappa shape index (κ1) is 23.1. The van der Waals surface area contributed by atoms with Gasteiger partial charge in [-0.2, -0.15) is 31.3 Å². The summed E-state index contributed by atoms with van der Waals surface area (Å²) < 4.78 is 89.9. The quantitative estimate of drug-likeness (QED) is 0.511. The number of pyridine rings is 1. The first-order chi connectivity index (χ1) is 16.0. The summed E-state index contributed by atoms with van der Waals surface area (Å²) in [7, 11) is 0. The molecule has 1 N–H and O–H groups in total. The van der Waals surface area contributed by atoms with E-state index in [1.54, 1.807) is 6.08 Å². The summed E-state index contributed by atoms with van der Waals surface area (Å²) in [6, 6.07) is 1.21. The number of alkyl halides is 6. The fourth-order valence-corrected chi connectivity index (χ4v) is 2.81. The van der Waals surface area contributed by atoms with Crippen molar-refractivity contribution in [2.24, 2.45) is 0 Å². The first-order valence-electron chi connectivity index (χ1n) is 9.26. The lowest BCUT2D eigenvalue weighted by molar-refractivity contribution is -0.154. The van der Waals surface area contributed by atoms with Gasteiger partial charge in [-0.3, -0.25) is 4.79 Å². The Labute approximate surface area is 184 Å². The Kier molecular flexibility index (Phi) is 5.89. The van der Waals surface area contributed by atoms with Gasteiger partial charge in [0, 0.05) is 18.9 Å². The van der Waals surface area contributed by atoms with Gasteiger partial charge in [-0.15, -0.1) is 0 Å². The summed E-state index contributed by atoms with van der Waals surface area (Å²) in [6.07, 6.45) is -3.98. The van der Waals surface area contributed by atoms with Crippen LogP contribution in [0.25, 0.3) is 12.3 Å². The number of hydrogen-bond donors (Lipinski definition) is 1. The number of aromatic nitrogens is 4. The second kappa shape index (κ2) is 8.68. The SMILES string of the molecule is O=C(NCc1nc(C(F)(F)F)no1)c1cnc(OCC(F)(F)F)c(N2C=c3cnoc3=CC2)c1. The molecule has 0 aliphatic carbocycles. The predicted octanol–water partition coefficient (Wildman–Crippen LogP) is 1.38. The molecule has 0 aromatic carbocycles. The number of nitrogens with one attached hydrogen (secondary N) is 1. The molecule has 0 radical (unpaired) electrons. The number of nitrogens with zero attached hydrogens (tertiary/aromatic N) is 5. The highest BCUT2D eigenvalue weighted by molar-refractivity contribution is 5.95. The summed E-state index contributed by atoms with van der Waals surface area (Å²) in [6.45, 7) is -2.01. The zero-order valence-electron chi connectivity index (χ0n) is 16.6. The summed E-state index contributed by atoms with van der Waals surface area (Å²) in [5.41, 5.74) is 0.361. The zero-order chi connectivity index (χ0) is 24.5. The molecule has 3 aromatic rings. The molecule has 0 fully saturated rings. The third kappa shape index (κ3) is 5.26. The smallest absolute Gasteiger partial charge is 0.455 e. The summed E-state index contributed by atoms with van der Waals surface area (Å²) in [5, 5.41) is 9.19. The van der Waals surface area contributed by atoms with Gasteiger partial charge in [0.05, 0.1) is 23.5 Å². The van der Waals surface area contributed by atoms with Crippen LogP contribution >= 0.6 is 0 Å². The van der Waals surface area contributed by atoms with Gasteiger partial charge in [-0.1, -0.05) is 10.3 Å². The Hall–Kier alpha value is -4.11. The lowest BCUT2D eigenvalue weighted by Gasteiger charge is -2.23. The molecule has 16 heteroatoms. The molecule has 1 aliphatic rings. The summed E-state index contributed by atoms with van der Waals surface area (Å²) >= 11 is 0. The van der Waals surface area contributed by atoms with E-state index in [4.69, 9.17) is 9.26 Å². The van der Waals surface area contributed by atoms with Crippen LogP contribution in [-0.4, -0.2) is 45.5 Å². The van der Waals surface area contributed by atoms with Crippen LogP contribution in [0.1, 0.15) is 22.1 Å². The molecule has 10 nitrogen and oxygen atoms in total. The molecule has 0 spiro atoms. The topological polar surface area (TPSA) is 119 Å². The Morgan fingerprint density at radius 2 is 1.97 bits per heavy atom. The van der Waals surface area contributed by atoms with E-state index in [9.17, 15) is 31.1 Å². The molecule has 0 unspecified atom stereocenters. The number of hydrogen-bond acceptors (Lipinski definition) is 9. The summed E-state index contributed by atoms with van der Waals surface area (Å²) in [5.74, 6) is -3.21. The predicted molar refractivity (Wildman–Crippen MR) is 98.3 cm³/mol. The van der Waals surface area contributed by atoms with E-state index in [1.807, 2.05) is 0 Å². The van der Waals surface area contributed by atoms with E-state index in [0.29, 0.717) is 10.6 Å². The monoisotopic (exact) mass is 490 g/mol. The Balaban J connectivity index is 1.56. The Morgan fingerprint density at radius 3 is 2.68 bits per heavy atom. The van der Waals surface area contributed by atoms with Crippen molar-refractivity contribution in [2.45, 2.75) is 18.9 Å². The highest BCUT2D eigenvalue weighted by Gasteiger charge is 2.37. The molecule has 4 rings (SSSR count). The van der Waals surface area contributed by atoms with Crippen molar-refractivity contribution in [1.82, 2.24) is 25.6 Å². The van der Waals surface area contributed by atoms with E-state index in [0.717, 1.165) is 6.20 Å². The normalized spacial score (nSPS) is 13.6. The molecule has 3 aromatic heterocycles. The van der Waals surface area contributed by atoms with Crippen LogP contribution in [-0.2, 0) is 12.7 Å². The van der Waals surface area contributed by atoms with Crippen molar-refractivity contribution >= 4 is 23.9 Å². The molecule has 1 aliphatic heterocycles. The van der Waals surface area contributed by atoms with Gasteiger partial charge in [0.25, 0.3) is 11.7 Å². The minimum absolute atomic E-state index is 0.0251. The van der Waals surface area contributed by atoms with Gasteiger partial charge in [0.1, 0.15) is 5.69 Å². The van der Waals surface area contributed by atoms with Crippen molar-refractivity contribution < 1.29 is 44.9 Å². The molecule has 0 atom stereocenters. The maximum Gasteiger partial charge on any atom is 0.455 e. The van der Waals surface area contributed by atoms with Crippen LogP contribution in [0, 0.1) is 0 Å². The molecule has 0 saturated carbocycles. The first-order valence-corrected chi connectivity index (χ1v) is 9.26. The van der Waals surface area contributed by atoms with E-state index in [-0.39, 0.29) is 17.8 Å². The van der Waals surface area contributed by atoms with E-state index < -0.39 is 49.0 Å². The zero-order valence-corrected chi connectivity index (χ0v) is 16.6. The minimum Gasteiger partial charge on any atom is -0.467 e. The van der Waals surface area contributed by atoms with Crippen molar-refractivity contribution in [1.29, 1.82) is 0 Å².